The molecular weight excluding hydrogens is 246 g/mol. The topological polar surface area (TPSA) is 79.1 Å². The van der Waals surface area contributed by atoms with Crippen LogP contribution >= 0.6 is 0 Å². The Morgan fingerprint density at radius 2 is 1.68 bits per heavy atom. The van der Waals surface area contributed by atoms with Gasteiger partial charge >= 0.3 is 5.97 Å². The zero-order valence-electron chi connectivity index (χ0n) is 9.85. The van der Waals surface area contributed by atoms with E-state index in [1.807, 2.05) is 18.2 Å². The zero-order valence-corrected chi connectivity index (χ0v) is 9.85. The molecular formula is C14H11NO4. The first kappa shape index (κ1) is 12.6. The van der Waals surface area contributed by atoms with Gasteiger partial charge in [0.2, 0.25) is 0 Å². The summed E-state index contributed by atoms with van der Waals surface area (Å²) >= 11 is 0. The van der Waals surface area contributed by atoms with Gasteiger partial charge in [-0.1, -0.05) is 35.5 Å². The third-order valence-corrected chi connectivity index (χ3v) is 2.39. The van der Waals surface area contributed by atoms with E-state index in [9.17, 15) is 4.79 Å². The van der Waals surface area contributed by atoms with Gasteiger partial charge < -0.3 is 15.1 Å². The van der Waals surface area contributed by atoms with Gasteiger partial charge in [0.15, 0.2) is 5.71 Å². The highest BCUT2D eigenvalue weighted by molar-refractivity contribution is 6.42. The first-order chi connectivity index (χ1) is 9.20. The van der Waals surface area contributed by atoms with Crippen molar-refractivity contribution in [2.75, 3.05) is 0 Å². The highest BCUT2D eigenvalue weighted by Crippen LogP contribution is 2.22. The number of carboxylic acids is 1. The fourth-order valence-corrected chi connectivity index (χ4v) is 1.56. The molecule has 0 aromatic heterocycles. The molecule has 5 heteroatoms. The van der Waals surface area contributed by atoms with Crippen LogP contribution in [0.1, 0.15) is 5.56 Å². The lowest BCUT2D eigenvalue weighted by atomic mass is 10.1. The smallest absolute Gasteiger partial charge is 0.358 e. The molecule has 0 unspecified atom stereocenters. The van der Waals surface area contributed by atoms with Crippen molar-refractivity contribution in [3.05, 3.63) is 60.2 Å². The average Bonchev–Trinajstić information content (AvgIpc) is 2.41. The van der Waals surface area contributed by atoms with Gasteiger partial charge in [0, 0.05) is 5.56 Å². The molecule has 0 radical (unpaired) electrons. The number of ether oxygens (including phenoxy) is 1. The van der Waals surface area contributed by atoms with Crippen molar-refractivity contribution >= 4 is 11.7 Å². The predicted octanol–water partition coefficient (Wildman–Crippen LogP) is 2.74. The summed E-state index contributed by atoms with van der Waals surface area (Å²) in [6.45, 7) is 0. The molecule has 2 aromatic carbocycles. The Balaban J connectivity index is 2.27. The second-order valence-electron chi connectivity index (χ2n) is 3.70. The molecule has 0 fully saturated rings. The van der Waals surface area contributed by atoms with Crippen LogP contribution in [0.2, 0.25) is 0 Å². The van der Waals surface area contributed by atoms with Crippen molar-refractivity contribution in [2.45, 2.75) is 0 Å². The van der Waals surface area contributed by atoms with Crippen molar-refractivity contribution in [1.29, 1.82) is 0 Å². The first-order valence-corrected chi connectivity index (χ1v) is 5.49. The first-order valence-electron chi connectivity index (χ1n) is 5.49. The lowest BCUT2D eigenvalue weighted by Crippen LogP contribution is -2.14. The van der Waals surface area contributed by atoms with E-state index in [0.717, 1.165) is 0 Å². The van der Waals surface area contributed by atoms with Crippen LogP contribution in [0.3, 0.4) is 0 Å². The Morgan fingerprint density at radius 1 is 1.00 bits per heavy atom. The average molecular weight is 257 g/mol. The third-order valence-electron chi connectivity index (χ3n) is 2.39. The van der Waals surface area contributed by atoms with Crippen molar-refractivity contribution in [3.8, 4) is 11.5 Å². The van der Waals surface area contributed by atoms with Gasteiger partial charge in [-0.05, 0) is 24.3 Å². The minimum absolute atomic E-state index is 0.267. The quantitative estimate of drug-likeness (QED) is 0.501. The summed E-state index contributed by atoms with van der Waals surface area (Å²) in [5.74, 6) is -0.206. The third kappa shape index (κ3) is 3.10. The summed E-state index contributed by atoms with van der Waals surface area (Å²) in [6, 6.07) is 15.4. The molecule has 19 heavy (non-hydrogen) atoms. The Hall–Kier alpha value is -2.82. The molecule has 0 aliphatic carbocycles. The number of rotatable bonds is 4. The van der Waals surface area contributed by atoms with E-state index in [2.05, 4.69) is 5.16 Å². The Labute approximate surface area is 109 Å². The number of oxime groups is 1. The second-order valence-corrected chi connectivity index (χ2v) is 3.70. The van der Waals surface area contributed by atoms with Crippen LogP contribution in [0.15, 0.2) is 59.8 Å². The summed E-state index contributed by atoms with van der Waals surface area (Å²) < 4.78 is 5.56. The van der Waals surface area contributed by atoms with E-state index in [1.54, 1.807) is 24.3 Å². The van der Waals surface area contributed by atoms with Gasteiger partial charge in [0.05, 0.1) is 0 Å². The Morgan fingerprint density at radius 3 is 2.32 bits per heavy atom. The van der Waals surface area contributed by atoms with Crippen LogP contribution in [0.4, 0.5) is 0 Å². The molecule has 2 N–H and O–H groups in total. The monoisotopic (exact) mass is 257 g/mol. The van der Waals surface area contributed by atoms with Crippen LogP contribution in [-0.4, -0.2) is 22.0 Å². The van der Waals surface area contributed by atoms with E-state index >= 15 is 0 Å². The summed E-state index contributed by atoms with van der Waals surface area (Å²) in [4.78, 5) is 10.9. The van der Waals surface area contributed by atoms with E-state index in [-0.39, 0.29) is 5.56 Å². The van der Waals surface area contributed by atoms with E-state index in [0.29, 0.717) is 11.5 Å². The Bertz CT molecular complexity index is 608. The molecule has 0 atom stereocenters. The fraction of sp³-hybridized carbons (Fsp3) is 0. The fourth-order valence-electron chi connectivity index (χ4n) is 1.56. The van der Waals surface area contributed by atoms with E-state index in [1.165, 1.54) is 12.1 Å². The summed E-state index contributed by atoms with van der Waals surface area (Å²) in [5.41, 5.74) is -0.165. The van der Waals surface area contributed by atoms with Gasteiger partial charge in [-0.25, -0.2) is 4.79 Å². The molecule has 0 heterocycles. The highest BCUT2D eigenvalue weighted by atomic mass is 16.5. The number of nitrogens with zero attached hydrogens (tertiary/aromatic N) is 1. The Kier molecular flexibility index (Phi) is 3.78. The number of carboxylic acid groups (broad SMARTS) is 1. The molecule has 5 nitrogen and oxygen atoms in total. The van der Waals surface area contributed by atoms with Gasteiger partial charge in [-0.15, -0.1) is 0 Å². The van der Waals surface area contributed by atoms with Crippen LogP contribution in [0.25, 0.3) is 0 Å². The second kappa shape index (κ2) is 5.68. The van der Waals surface area contributed by atoms with Gasteiger partial charge in [-0.3, -0.25) is 0 Å². The lowest BCUT2D eigenvalue weighted by Gasteiger charge is -2.07. The zero-order chi connectivity index (χ0) is 13.7. The number of aliphatic carboxylic acids is 1. The number of para-hydroxylation sites is 1. The summed E-state index contributed by atoms with van der Waals surface area (Å²) in [5, 5.41) is 20.3. The largest absolute Gasteiger partial charge is 0.476 e. The molecule has 0 aliphatic heterocycles. The normalized spacial score (nSPS) is 11.1. The number of carbonyl (C=O) groups is 1. The molecule has 0 spiro atoms. The van der Waals surface area contributed by atoms with Gasteiger partial charge in [-0.2, -0.15) is 0 Å². The maximum atomic E-state index is 10.9. The molecule has 96 valence electrons. The molecule has 0 saturated carbocycles. The molecule has 0 aliphatic rings. The van der Waals surface area contributed by atoms with Gasteiger partial charge in [0.25, 0.3) is 0 Å². The number of hydrogen-bond acceptors (Lipinski definition) is 4. The summed E-state index contributed by atoms with van der Waals surface area (Å²) in [6.07, 6.45) is 0. The van der Waals surface area contributed by atoms with Crippen molar-refractivity contribution in [3.63, 3.8) is 0 Å². The minimum atomic E-state index is -1.31. The van der Waals surface area contributed by atoms with Crippen LogP contribution in [-0.2, 0) is 4.79 Å². The van der Waals surface area contributed by atoms with Crippen molar-refractivity contribution in [1.82, 2.24) is 0 Å². The maximum Gasteiger partial charge on any atom is 0.358 e. The molecule has 2 aromatic rings. The number of hydrogen-bond donors (Lipinski definition) is 2. The predicted molar refractivity (Wildman–Crippen MR) is 68.9 cm³/mol. The van der Waals surface area contributed by atoms with E-state index < -0.39 is 11.7 Å². The highest BCUT2D eigenvalue weighted by Gasteiger charge is 2.13. The minimum Gasteiger partial charge on any atom is -0.476 e. The van der Waals surface area contributed by atoms with Gasteiger partial charge in [0.1, 0.15) is 11.5 Å². The standard InChI is InChI=1S/C14H11NO4/c16-14(17)13(15-18)10-5-4-8-12(9-10)19-11-6-2-1-3-7-11/h1-9,18H,(H,16,17). The van der Waals surface area contributed by atoms with Crippen LogP contribution in [0.5, 0.6) is 11.5 Å². The molecule has 0 bridgehead atoms. The van der Waals surface area contributed by atoms with Crippen LogP contribution in [0, 0.1) is 0 Å². The maximum absolute atomic E-state index is 10.9. The summed E-state index contributed by atoms with van der Waals surface area (Å²) in [7, 11) is 0. The van der Waals surface area contributed by atoms with Crippen molar-refractivity contribution in [2.24, 2.45) is 5.16 Å². The molecule has 0 saturated heterocycles. The van der Waals surface area contributed by atoms with Crippen LogP contribution < -0.4 is 4.74 Å². The van der Waals surface area contributed by atoms with E-state index in [4.69, 9.17) is 15.1 Å². The lowest BCUT2D eigenvalue weighted by molar-refractivity contribution is -0.129. The van der Waals surface area contributed by atoms with Crippen molar-refractivity contribution < 1.29 is 19.8 Å². The number of benzene rings is 2. The molecule has 2 rings (SSSR count). The SMILES string of the molecule is O=C(O)C(=NO)c1cccc(Oc2ccccc2)c1. The molecule has 0 amide bonds.